The Balaban J connectivity index is 1.49. The quantitative estimate of drug-likeness (QED) is 0.905. The van der Waals surface area contributed by atoms with Crippen molar-refractivity contribution in [1.29, 1.82) is 0 Å². The van der Waals surface area contributed by atoms with Crippen molar-refractivity contribution >= 4 is 11.6 Å². The summed E-state index contributed by atoms with van der Waals surface area (Å²) in [5.74, 6) is 1.24. The zero-order valence-corrected chi connectivity index (χ0v) is 12.8. The van der Waals surface area contributed by atoms with Gasteiger partial charge in [-0.25, -0.2) is 0 Å². The van der Waals surface area contributed by atoms with E-state index >= 15 is 0 Å². The molecule has 1 heterocycles. The normalized spacial score (nSPS) is 29.3. The van der Waals surface area contributed by atoms with E-state index < -0.39 is 0 Å². The van der Waals surface area contributed by atoms with Crippen LogP contribution in [0.3, 0.4) is 0 Å². The molecule has 1 N–H and O–H groups in total. The number of benzene rings is 1. The van der Waals surface area contributed by atoms with Gasteiger partial charge in [0.15, 0.2) is 0 Å². The summed E-state index contributed by atoms with van der Waals surface area (Å²) in [6.45, 7) is 3.55. The molecule has 3 atom stereocenters. The minimum Gasteiger partial charge on any atom is -0.492 e. The molecule has 0 spiro atoms. The molecular weight excluding hydrogens is 290 g/mol. The van der Waals surface area contributed by atoms with E-state index in [1.54, 1.807) is 0 Å². The van der Waals surface area contributed by atoms with Gasteiger partial charge in [0.1, 0.15) is 12.4 Å². The van der Waals surface area contributed by atoms with Crippen LogP contribution in [-0.4, -0.2) is 55.1 Å². The van der Waals surface area contributed by atoms with E-state index in [1.165, 1.54) is 0 Å². The summed E-state index contributed by atoms with van der Waals surface area (Å²) in [7, 11) is 0. The van der Waals surface area contributed by atoms with Crippen LogP contribution in [0.25, 0.3) is 0 Å². The first-order valence-corrected chi connectivity index (χ1v) is 7.99. The highest BCUT2D eigenvalue weighted by atomic mass is 35.5. The van der Waals surface area contributed by atoms with Crippen LogP contribution in [0.1, 0.15) is 12.8 Å². The van der Waals surface area contributed by atoms with Crippen molar-refractivity contribution in [3.63, 3.8) is 0 Å². The number of rotatable bonds is 5. The van der Waals surface area contributed by atoms with E-state index in [1.807, 2.05) is 24.3 Å². The molecule has 1 aliphatic carbocycles. The maximum atomic E-state index is 9.34. The second-order valence-electron chi connectivity index (χ2n) is 5.83. The van der Waals surface area contributed by atoms with Gasteiger partial charge in [0.2, 0.25) is 0 Å². The van der Waals surface area contributed by atoms with E-state index in [-0.39, 0.29) is 12.7 Å². The lowest BCUT2D eigenvalue weighted by Crippen LogP contribution is -2.49. The molecule has 0 amide bonds. The fraction of sp³-hybridized carbons (Fsp3) is 0.625. The lowest BCUT2D eigenvalue weighted by molar-refractivity contribution is -0.0585. The summed E-state index contributed by atoms with van der Waals surface area (Å²) in [5, 5.41) is 10.1. The average Bonchev–Trinajstić information content (AvgIpc) is 2.93. The summed E-state index contributed by atoms with van der Waals surface area (Å²) < 4.78 is 11.6. The lowest BCUT2D eigenvalue weighted by atomic mass is 10.1. The SMILES string of the molecule is OC[C@H]1C[C@@H]2OCCN(CCOc3ccc(Cl)cc3)[C@H]2C1. The Hall–Kier alpha value is -0.810. The van der Waals surface area contributed by atoms with Crippen LogP contribution in [0.5, 0.6) is 5.75 Å². The molecule has 0 bridgehead atoms. The zero-order chi connectivity index (χ0) is 14.7. The Morgan fingerprint density at radius 3 is 2.86 bits per heavy atom. The Labute approximate surface area is 130 Å². The second-order valence-corrected chi connectivity index (χ2v) is 6.27. The molecule has 2 aliphatic rings. The van der Waals surface area contributed by atoms with Crippen LogP contribution in [0.15, 0.2) is 24.3 Å². The van der Waals surface area contributed by atoms with Gasteiger partial charge in [-0.1, -0.05) is 11.6 Å². The first-order chi connectivity index (χ1) is 10.3. The molecule has 0 radical (unpaired) electrons. The third-order valence-electron chi connectivity index (χ3n) is 4.47. The van der Waals surface area contributed by atoms with Gasteiger partial charge >= 0.3 is 0 Å². The van der Waals surface area contributed by atoms with Crippen LogP contribution in [-0.2, 0) is 4.74 Å². The summed E-state index contributed by atoms with van der Waals surface area (Å²) in [5.41, 5.74) is 0. The van der Waals surface area contributed by atoms with Crippen molar-refractivity contribution in [2.45, 2.75) is 25.0 Å². The first-order valence-electron chi connectivity index (χ1n) is 7.61. The van der Waals surface area contributed by atoms with Gasteiger partial charge in [-0.05, 0) is 43.0 Å². The van der Waals surface area contributed by atoms with Gasteiger partial charge in [-0.3, -0.25) is 4.90 Å². The molecule has 1 aromatic rings. The van der Waals surface area contributed by atoms with Crippen LogP contribution in [0.2, 0.25) is 5.02 Å². The topological polar surface area (TPSA) is 41.9 Å². The third kappa shape index (κ3) is 3.69. The predicted octanol–water partition coefficient (Wildman–Crippen LogP) is 2.19. The molecular formula is C16H22ClNO3. The number of hydrogen-bond acceptors (Lipinski definition) is 4. The Kier molecular flexibility index (Phi) is 5.01. The van der Waals surface area contributed by atoms with Gasteiger partial charge in [0.05, 0.1) is 12.7 Å². The zero-order valence-electron chi connectivity index (χ0n) is 12.1. The highest BCUT2D eigenvalue weighted by Gasteiger charge is 2.40. The lowest BCUT2D eigenvalue weighted by Gasteiger charge is -2.37. The Morgan fingerprint density at radius 2 is 2.10 bits per heavy atom. The first kappa shape index (κ1) is 15.1. The van der Waals surface area contributed by atoms with Crippen LogP contribution in [0, 0.1) is 5.92 Å². The Bertz CT molecular complexity index is 453. The van der Waals surface area contributed by atoms with Gasteiger partial charge in [0, 0.05) is 30.8 Å². The predicted molar refractivity (Wildman–Crippen MR) is 81.9 cm³/mol. The summed E-state index contributed by atoms with van der Waals surface area (Å²) in [6, 6.07) is 7.89. The van der Waals surface area contributed by atoms with Crippen molar-refractivity contribution in [1.82, 2.24) is 4.90 Å². The van der Waals surface area contributed by atoms with Gasteiger partial charge < -0.3 is 14.6 Å². The van der Waals surface area contributed by atoms with E-state index in [4.69, 9.17) is 21.1 Å². The summed E-state index contributed by atoms with van der Waals surface area (Å²) in [4.78, 5) is 2.44. The van der Waals surface area contributed by atoms with E-state index in [9.17, 15) is 5.11 Å². The molecule has 3 rings (SSSR count). The minimum absolute atomic E-state index is 0.269. The molecule has 21 heavy (non-hydrogen) atoms. The summed E-state index contributed by atoms with van der Waals surface area (Å²) >= 11 is 5.86. The van der Waals surface area contributed by atoms with Crippen molar-refractivity contribution in [2.24, 2.45) is 5.92 Å². The molecule has 5 heteroatoms. The number of nitrogens with zero attached hydrogens (tertiary/aromatic N) is 1. The minimum atomic E-state index is 0.269. The number of ether oxygens (including phenoxy) is 2. The van der Waals surface area contributed by atoms with E-state index in [0.717, 1.165) is 43.3 Å². The van der Waals surface area contributed by atoms with Crippen LogP contribution in [0.4, 0.5) is 0 Å². The third-order valence-corrected chi connectivity index (χ3v) is 4.72. The van der Waals surface area contributed by atoms with E-state index in [2.05, 4.69) is 4.90 Å². The van der Waals surface area contributed by atoms with Gasteiger partial charge in [-0.2, -0.15) is 0 Å². The molecule has 1 aliphatic heterocycles. The van der Waals surface area contributed by atoms with Gasteiger partial charge in [-0.15, -0.1) is 0 Å². The molecule has 2 fully saturated rings. The molecule has 1 saturated heterocycles. The van der Waals surface area contributed by atoms with Crippen LogP contribution >= 0.6 is 11.6 Å². The smallest absolute Gasteiger partial charge is 0.119 e. The second kappa shape index (κ2) is 6.97. The number of hydrogen-bond donors (Lipinski definition) is 1. The fourth-order valence-electron chi connectivity index (χ4n) is 3.36. The monoisotopic (exact) mass is 311 g/mol. The van der Waals surface area contributed by atoms with Gasteiger partial charge in [0.25, 0.3) is 0 Å². The van der Waals surface area contributed by atoms with Crippen LogP contribution < -0.4 is 4.74 Å². The number of aliphatic hydroxyl groups is 1. The van der Waals surface area contributed by atoms with Crippen molar-refractivity contribution in [3.8, 4) is 5.75 Å². The molecule has 4 nitrogen and oxygen atoms in total. The number of morpholine rings is 1. The standard InChI is InChI=1S/C16H22ClNO3/c17-13-1-3-14(4-2-13)20-7-5-18-6-8-21-16-10-12(11-19)9-15(16)18/h1-4,12,15-16,19H,5-11H2/t12-,15+,16+/m1/s1. The number of aliphatic hydroxyl groups excluding tert-OH is 1. The average molecular weight is 312 g/mol. The largest absolute Gasteiger partial charge is 0.492 e. The molecule has 0 aromatic heterocycles. The molecule has 1 saturated carbocycles. The fourth-order valence-corrected chi connectivity index (χ4v) is 3.49. The number of halogens is 1. The molecule has 0 unspecified atom stereocenters. The highest BCUT2D eigenvalue weighted by molar-refractivity contribution is 6.30. The summed E-state index contributed by atoms with van der Waals surface area (Å²) in [6.07, 6.45) is 2.30. The van der Waals surface area contributed by atoms with E-state index in [0.29, 0.717) is 18.6 Å². The van der Waals surface area contributed by atoms with Crippen molar-refractivity contribution in [2.75, 3.05) is 32.9 Å². The maximum absolute atomic E-state index is 9.34. The Morgan fingerprint density at radius 1 is 1.29 bits per heavy atom. The van der Waals surface area contributed by atoms with Crippen molar-refractivity contribution < 1.29 is 14.6 Å². The molecule has 116 valence electrons. The molecule has 1 aromatic carbocycles. The number of fused-ring (bicyclic) bond motifs is 1. The van der Waals surface area contributed by atoms with Crippen molar-refractivity contribution in [3.05, 3.63) is 29.3 Å². The maximum Gasteiger partial charge on any atom is 0.119 e. The highest BCUT2D eigenvalue weighted by Crippen LogP contribution is 2.33.